The van der Waals surface area contributed by atoms with E-state index in [1.807, 2.05) is 5.32 Å². The van der Waals surface area contributed by atoms with Crippen molar-refractivity contribution in [2.75, 3.05) is 36.6 Å². The number of aromatic nitrogens is 2. The predicted molar refractivity (Wildman–Crippen MR) is 130 cm³/mol. The van der Waals surface area contributed by atoms with E-state index in [-0.39, 0.29) is 12.2 Å². The van der Waals surface area contributed by atoms with Crippen molar-refractivity contribution in [3.05, 3.63) is 42.0 Å². The average Bonchev–Trinajstić information content (AvgIpc) is 2.83. The maximum atomic E-state index is 15.0. The lowest BCUT2D eigenvalue weighted by Gasteiger charge is -2.27. The van der Waals surface area contributed by atoms with Gasteiger partial charge in [-0.15, -0.1) is 0 Å². The minimum atomic E-state index is -0.929. The van der Waals surface area contributed by atoms with Gasteiger partial charge >= 0.3 is 6.09 Å². The highest BCUT2D eigenvalue weighted by atomic mass is 32.2. The summed E-state index contributed by atoms with van der Waals surface area (Å²) >= 11 is 1.79. The Morgan fingerprint density at radius 1 is 1.32 bits per heavy atom. The number of rotatable bonds is 9. The number of oxime groups is 1. The number of nitrogens with two attached hydrogens (primary N) is 1. The lowest BCUT2D eigenvalue weighted by molar-refractivity contribution is 0.143. The van der Waals surface area contributed by atoms with Crippen molar-refractivity contribution in [1.29, 1.82) is 5.41 Å². The van der Waals surface area contributed by atoms with Crippen LogP contribution in [0.15, 0.2) is 35.7 Å². The normalized spacial score (nSPS) is 13.4. The first-order valence-electron chi connectivity index (χ1n) is 10.8. The van der Waals surface area contributed by atoms with Crippen LogP contribution in [-0.2, 0) is 16.2 Å². The zero-order valence-electron chi connectivity index (χ0n) is 18.9. The molecule has 1 aliphatic heterocycles. The zero-order chi connectivity index (χ0) is 24.3. The molecule has 4 N–H and O–H groups in total. The van der Waals surface area contributed by atoms with E-state index in [4.69, 9.17) is 20.7 Å². The molecule has 1 saturated heterocycles. The summed E-state index contributed by atoms with van der Waals surface area (Å²) in [6, 6.07) is 4.77. The fraction of sp³-hybridized carbons (Fsp3) is 0.409. The number of amides is 1. The van der Waals surface area contributed by atoms with Crippen LogP contribution in [0.3, 0.4) is 0 Å². The molecule has 0 aliphatic carbocycles. The zero-order valence-corrected chi connectivity index (χ0v) is 19.7. The van der Waals surface area contributed by atoms with E-state index < -0.39 is 17.9 Å². The summed E-state index contributed by atoms with van der Waals surface area (Å²) in [4.78, 5) is 27.8. The molecule has 182 valence electrons. The standard InChI is InChI=1S/C22H28FN7O3S/c1-34-11-3-10-33-29-17-6-8-30(9-7-17)21-26-12-16(13-27-21)18-5-2-4-15(19(18)23)14-32-22(31)28-20(24)25/h2,4-5,12-13H,3,6-11,14H2,1H3,(H4,24,25,28,31). The van der Waals surface area contributed by atoms with E-state index in [9.17, 15) is 9.18 Å². The number of benzene rings is 1. The van der Waals surface area contributed by atoms with Crippen LogP contribution >= 0.6 is 11.8 Å². The summed E-state index contributed by atoms with van der Waals surface area (Å²) in [5.74, 6) is 0.547. The van der Waals surface area contributed by atoms with Crippen molar-refractivity contribution >= 4 is 35.5 Å². The van der Waals surface area contributed by atoms with Crippen LogP contribution < -0.4 is 16.0 Å². The number of anilines is 1. The molecule has 0 saturated carbocycles. The molecule has 1 aromatic heterocycles. The lowest BCUT2D eigenvalue weighted by Crippen LogP contribution is -2.36. The number of nitrogens with zero attached hydrogens (tertiary/aromatic N) is 4. The fourth-order valence-corrected chi connectivity index (χ4v) is 3.69. The first kappa shape index (κ1) is 25.2. The van der Waals surface area contributed by atoms with Crippen molar-refractivity contribution < 1.29 is 18.8 Å². The van der Waals surface area contributed by atoms with Gasteiger partial charge in [-0.3, -0.25) is 10.7 Å². The number of hydrogen-bond acceptors (Lipinski definition) is 9. The number of ether oxygens (including phenoxy) is 1. The average molecular weight is 490 g/mol. The van der Waals surface area contributed by atoms with Gasteiger partial charge in [0.25, 0.3) is 0 Å². The number of alkyl carbamates (subject to hydrolysis) is 1. The molecule has 0 radical (unpaired) electrons. The summed E-state index contributed by atoms with van der Waals surface area (Å²) in [6.45, 7) is 1.79. The number of nitrogens with one attached hydrogen (secondary N) is 2. The van der Waals surface area contributed by atoms with Gasteiger partial charge < -0.3 is 20.2 Å². The monoisotopic (exact) mass is 489 g/mol. The number of guanidine groups is 1. The van der Waals surface area contributed by atoms with Crippen molar-refractivity contribution in [3.63, 3.8) is 0 Å². The topological polar surface area (TPSA) is 139 Å². The van der Waals surface area contributed by atoms with Gasteiger partial charge in [0.15, 0.2) is 5.96 Å². The molecular weight excluding hydrogens is 461 g/mol. The summed E-state index contributed by atoms with van der Waals surface area (Å²) in [5, 5.41) is 13.2. The fourth-order valence-electron chi connectivity index (χ4n) is 3.29. The van der Waals surface area contributed by atoms with Gasteiger partial charge in [0.1, 0.15) is 19.0 Å². The van der Waals surface area contributed by atoms with Gasteiger partial charge in [-0.25, -0.2) is 19.2 Å². The molecule has 12 heteroatoms. The lowest BCUT2D eigenvalue weighted by atomic mass is 10.1. The number of halogens is 1. The summed E-state index contributed by atoms with van der Waals surface area (Å²) < 4.78 is 19.9. The highest BCUT2D eigenvalue weighted by molar-refractivity contribution is 7.98. The second-order valence-corrected chi connectivity index (χ2v) is 8.47. The predicted octanol–water partition coefficient (Wildman–Crippen LogP) is 3.13. The van der Waals surface area contributed by atoms with E-state index >= 15 is 0 Å². The highest BCUT2D eigenvalue weighted by Crippen LogP contribution is 2.25. The molecule has 1 amide bonds. The second-order valence-electron chi connectivity index (χ2n) is 7.49. The van der Waals surface area contributed by atoms with E-state index in [2.05, 4.69) is 26.3 Å². The maximum Gasteiger partial charge on any atom is 0.414 e. The third-order valence-electron chi connectivity index (χ3n) is 5.02. The van der Waals surface area contributed by atoms with Crippen LogP contribution in [0.1, 0.15) is 24.8 Å². The van der Waals surface area contributed by atoms with Crippen molar-refractivity contribution in [2.24, 2.45) is 10.9 Å². The van der Waals surface area contributed by atoms with E-state index in [0.717, 1.165) is 43.8 Å². The Balaban J connectivity index is 1.57. The van der Waals surface area contributed by atoms with Gasteiger partial charge in [0, 0.05) is 55.0 Å². The van der Waals surface area contributed by atoms with Crippen LogP contribution in [-0.4, -0.2) is 59.4 Å². The molecule has 0 atom stereocenters. The first-order valence-corrected chi connectivity index (χ1v) is 12.2. The third-order valence-corrected chi connectivity index (χ3v) is 5.72. The smallest absolute Gasteiger partial charge is 0.414 e. The van der Waals surface area contributed by atoms with Crippen LogP contribution in [0.25, 0.3) is 11.1 Å². The van der Waals surface area contributed by atoms with Gasteiger partial charge in [0.05, 0.1) is 5.71 Å². The quantitative estimate of drug-likeness (QED) is 0.211. The highest BCUT2D eigenvalue weighted by Gasteiger charge is 2.19. The number of carbonyl (C=O) groups is 1. The molecule has 2 aromatic rings. The Morgan fingerprint density at radius 3 is 2.74 bits per heavy atom. The second kappa shape index (κ2) is 12.7. The van der Waals surface area contributed by atoms with Crippen LogP contribution in [0, 0.1) is 11.2 Å². The van der Waals surface area contributed by atoms with Gasteiger partial charge in [-0.1, -0.05) is 23.4 Å². The Labute approximate surface area is 201 Å². The molecule has 0 spiro atoms. The first-order chi connectivity index (χ1) is 16.5. The molecule has 0 unspecified atom stereocenters. The SMILES string of the molecule is CSCCCON=C1CCN(c2ncc(-c3cccc(COC(=O)NC(=N)N)c3F)cn2)CC1. The van der Waals surface area contributed by atoms with E-state index in [1.54, 1.807) is 36.3 Å². The maximum absolute atomic E-state index is 15.0. The molecule has 2 heterocycles. The molecule has 1 aromatic carbocycles. The van der Waals surface area contributed by atoms with Gasteiger partial charge in [-0.2, -0.15) is 11.8 Å². The van der Waals surface area contributed by atoms with Crippen molar-refractivity contribution in [3.8, 4) is 11.1 Å². The molecule has 0 bridgehead atoms. The van der Waals surface area contributed by atoms with Crippen molar-refractivity contribution in [2.45, 2.75) is 25.9 Å². The molecule has 1 aliphatic rings. The molecule has 10 nitrogen and oxygen atoms in total. The minimum Gasteiger partial charge on any atom is -0.444 e. The number of piperidine rings is 1. The van der Waals surface area contributed by atoms with Gasteiger partial charge in [-0.05, 0) is 18.4 Å². The summed E-state index contributed by atoms with van der Waals surface area (Å²) in [5.41, 5.74) is 7.09. The minimum absolute atomic E-state index is 0.179. The molecule has 3 rings (SSSR count). The Kier molecular flexibility index (Phi) is 9.44. The Bertz CT molecular complexity index is 1010. The Morgan fingerprint density at radius 2 is 2.06 bits per heavy atom. The number of hydrogen-bond donors (Lipinski definition) is 3. The van der Waals surface area contributed by atoms with Crippen LogP contribution in [0.5, 0.6) is 0 Å². The van der Waals surface area contributed by atoms with Crippen molar-refractivity contribution in [1.82, 2.24) is 15.3 Å². The largest absolute Gasteiger partial charge is 0.444 e. The number of carbonyl (C=O) groups excluding carboxylic acids is 1. The van der Waals surface area contributed by atoms with E-state index in [0.29, 0.717) is 23.7 Å². The van der Waals surface area contributed by atoms with Crippen LogP contribution in [0.2, 0.25) is 0 Å². The number of thioether (sulfide) groups is 1. The molecule has 1 fully saturated rings. The van der Waals surface area contributed by atoms with Crippen LogP contribution in [0.4, 0.5) is 15.1 Å². The van der Waals surface area contributed by atoms with Gasteiger partial charge in [0.2, 0.25) is 5.95 Å². The summed E-state index contributed by atoms with van der Waals surface area (Å²) in [6.07, 6.45) is 6.83. The van der Waals surface area contributed by atoms with E-state index in [1.165, 1.54) is 6.07 Å². The molecular formula is C22H28FN7O3S. The molecule has 34 heavy (non-hydrogen) atoms. The third kappa shape index (κ3) is 7.30. The Hall–Kier alpha value is -3.41. The summed E-state index contributed by atoms with van der Waals surface area (Å²) in [7, 11) is 0.